The highest BCUT2D eigenvalue weighted by atomic mass is 79.9. The minimum absolute atomic E-state index is 0.0992. The van der Waals surface area contributed by atoms with Crippen LogP contribution in [0, 0.1) is 0 Å². The number of halogens is 1. The standard InChI is InChI=1S/C15H14BrNO5/c16-11-3-1-4-12(9-11)20-7-8-22-14(18)10-17-15(19)13-5-2-6-21-13/h1-6,9H,7-8,10H2,(H,17,19). The molecule has 7 heteroatoms. The average Bonchev–Trinajstić information content (AvgIpc) is 3.04. The fourth-order valence-electron chi connectivity index (χ4n) is 1.57. The topological polar surface area (TPSA) is 77.8 Å². The van der Waals surface area contributed by atoms with Crippen LogP contribution in [0.25, 0.3) is 0 Å². The number of hydrogen-bond donors (Lipinski definition) is 1. The first-order valence-corrected chi connectivity index (χ1v) is 7.30. The van der Waals surface area contributed by atoms with Gasteiger partial charge in [-0.3, -0.25) is 9.59 Å². The second kappa shape index (κ2) is 8.23. The molecule has 0 radical (unpaired) electrons. The van der Waals surface area contributed by atoms with E-state index in [1.54, 1.807) is 12.1 Å². The van der Waals surface area contributed by atoms with Crippen molar-refractivity contribution >= 4 is 27.8 Å². The van der Waals surface area contributed by atoms with E-state index in [1.807, 2.05) is 18.2 Å². The van der Waals surface area contributed by atoms with Gasteiger partial charge in [0.05, 0.1) is 6.26 Å². The Morgan fingerprint density at radius 1 is 1.18 bits per heavy atom. The number of ether oxygens (including phenoxy) is 2. The van der Waals surface area contributed by atoms with Gasteiger partial charge < -0.3 is 19.2 Å². The van der Waals surface area contributed by atoms with Crippen LogP contribution in [-0.4, -0.2) is 31.6 Å². The highest BCUT2D eigenvalue weighted by Gasteiger charge is 2.10. The van der Waals surface area contributed by atoms with Gasteiger partial charge in [0.2, 0.25) is 0 Å². The van der Waals surface area contributed by atoms with E-state index in [2.05, 4.69) is 21.2 Å². The van der Waals surface area contributed by atoms with Gasteiger partial charge in [-0.05, 0) is 30.3 Å². The molecule has 2 rings (SSSR count). The molecule has 0 saturated heterocycles. The predicted octanol–water partition coefficient (Wildman–Crippen LogP) is 2.39. The second-order valence-corrected chi connectivity index (χ2v) is 5.10. The number of carbonyl (C=O) groups is 2. The number of amides is 1. The van der Waals surface area contributed by atoms with E-state index < -0.39 is 11.9 Å². The maximum Gasteiger partial charge on any atom is 0.325 e. The zero-order chi connectivity index (χ0) is 15.8. The van der Waals surface area contributed by atoms with Crippen molar-refractivity contribution in [2.75, 3.05) is 19.8 Å². The quantitative estimate of drug-likeness (QED) is 0.600. The van der Waals surface area contributed by atoms with E-state index >= 15 is 0 Å². The van der Waals surface area contributed by atoms with E-state index in [-0.39, 0.29) is 25.5 Å². The van der Waals surface area contributed by atoms with Gasteiger partial charge in [0.15, 0.2) is 5.76 Å². The molecule has 22 heavy (non-hydrogen) atoms. The lowest BCUT2D eigenvalue weighted by Gasteiger charge is -2.08. The molecule has 116 valence electrons. The van der Waals surface area contributed by atoms with Crippen LogP contribution in [0.5, 0.6) is 5.75 Å². The van der Waals surface area contributed by atoms with Crippen molar-refractivity contribution in [2.24, 2.45) is 0 Å². The van der Waals surface area contributed by atoms with Crippen molar-refractivity contribution in [2.45, 2.75) is 0 Å². The lowest BCUT2D eigenvalue weighted by molar-refractivity contribution is -0.143. The highest BCUT2D eigenvalue weighted by Crippen LogP contribution is 2.17. The highest BCUT2D eigenvalue weighted by molar-refractivity contribution is 9.10. The number of esters is 1. The summed E-state index contributed by atoms with van der Waals surface area (Å²) in [4.78, 5) is 23.0. The van der Waals surface area contributed by atoms with Crippen LogP contribution in [0.4, 0.5) is 0 Å². The summed E-state index contributed by atoms with van der Waals surface area (Å²) >= 11 is 3.33. The Bertz CT molecular complexity index is 627. The number of furan rings is 1. The normalized spacial score (nSPS) is 10.0. The molecule has 0 saturated carbocycles. The van der Waals surface area contributed by atoms with Gasteiger partial charge in [-0.25, -0.2) is 0 Å². The molecule has 1 heterocycles. The molecule has 6 nitrogen and oxygen atoms in total. The van der Waals surface area contributed by atoms with E-state index in [4.69, 9.17) is 13.9 Å². The maximum atomic E-state index is 11.5. The van der Waals surface area contributed by atoms with Crippen molar-refractivity contribution in [3.63, 3.8) is 0 Å². The monoisotopic (exact) mass is 367 g/mol. The molecular formula is C15H14BrNO5. The number of nitrogens with one attached hydrogen (secondary N) is 1. The lowest BCUT2D eigenvalue weighted by atomic mass is 10.3. The first kappa shape index (κ1) is 16.1. The molecule has 0 bridgehead atoms. The fraction of sp³-hybridized carbons (Fsp3) is 0.200. The van der Waals surface area contributed by atoms with Gasteiger partial charge in [0.1, 0.15) is 25.5 Å². The predicted molar refractivity (Wildman–Crippen MR) is 81.6 cm³/mol. The van der Waals surface area contributed by atoms with Crippen molar-refractivity contribution in [1.29, 1.82) is 0 Å². The minimum atomic E-state index is -0.544. The van der Waals surface area contributed by atoms with Gasteiger partial charge in [0, 0.05) is 4.47 Å². The van der Waals surface area contributed by atoms with Crippen molar-refractivity contribution < 1.29 is 23.5 Å². The van der Waals surface area contributed by atoms with Crippen LogP contribution in [0.15, 0.2) is 51.6 Å². The number of benzene rings is 1. The summed E-state index contributed by atoms with van der Waals surface area (Å²) in [6, 6.07) is 10.4. The molecule has 1 N–H and O–H groups in total. The van der Waals surface area contributed by atoms with Gasteiger partial charge in [0.25, 0.3) is 5.91 Å². The van der Waals surface area contributed by atoms with Gasteiger partial charge in [-0.1, -0.05) is 22.0 Å². The Morgan fingerprint density at radius 2 is 2.05 bits per heavy atom. The van der Waals surface area contributed by atoms with Gasteiger partial charge in [-0.15, -0.1) is 0 Å². The Balaban J connectivity index is 1.61. The summed E-state index contributed by atoms with van der Waals surface area (Å²) in [5.41, 5.74) is 0. The van der Waals surface area contributed by atoms with Crippen molar-refractivity contribution in [1.82, 2.24) is 5.32 Å². The summed E-state index contributed by atoms with van der Waals surface area (Å²) in [6.07, 6.45) is 1.38. The Labute approximate surface area is 135 Å². The molecule has 0 aliphatic rings. The van der Waals surface area contributed by atoms with Crippen molar-refractivity contribution in [3.8, 4) is 5.75 Å². The van der Waals surface area contributed by atoms with E-state index in [0.717, 1.165) is 4.47 Å². The van der Waals surface area contributed by atoms with Crippen LogP contribution >= 0.6 is 15.9 Å². The molecule has 0 aliphatic heterocycles. The summed E-state index contributed by atoms with van der Waals surface area (Å²) in [6.45, 7) is 0.104. The van der Waals surface area contributed by atoms with Crippen LogP contribution < -0.4 is 10.1 Å². The molecule has 1 amide bonds. The SMILES string of the molecule is O=C(CNC(=O)c1ccco1)OCCOc1cccc(Br)c1. The maximum absolute atomic E-state index is 11.5. The first-order chi connectivity index (χ1) is 10.6. The molecular weight excluding hydrogens is 354 g/mol. The van der Waals surface area contributed by atoms with Crippen LogP contribution in [0.3, 0.4) is 0 Å². The smallest absolute Gasteiger partial charge is 0.325 e. The molecule has 0 aliphatic carbocycles. The molecule has 1 aromatic carbocycles. The van der Waals surface area contributed by atoms with E-state index in [1.165, 1.54) is 12.3 Å². The number of rotatable bonds is 7. The third-order valence-electron chi connectivity index (χ3n) is 2.55. The Kier molecular flexibility index (Phi) is 6.02. The third kappa shape index (κ3) is 5.25. The molecule has 0 fully saturated rings. The first-order valence-electron chi connectivity index (χ1n) is 6.51. The van der Waals surface area contributed by atoms with Crippen LogP contribution in [0.1, 0.15) is 10.6 Å². The molecule has 2 aromatic rings. The summed E-state index contributed by atoms with van der Waals surface area (Å²) < 4.78 is 16.2. The molecule has 1 aromatic heterocycles. The zero-order valence-corrected chi connectivity index (χ0v) is 13.2. The van der Waals surface area contributed by atoms with Gasteiger partial charge in [-0.2, -0.15) is 0 Å². The Hall–Kier alpha value is -2.28. The lowest BCUT2D eigenvalue weighted by Crippen LogP contribution is -2.31. The van der Waals surface area contributed by atoms with Crippen molar-refractivity contribution in [3.05, 3.63) is 52.9 Å². The molecule has 0 spiro atoms. The zero-order valence-electron chi connectivity index (χ0n) is 11.6. The van der Waals surface area contributed by atoms with Gasteiger partial charge >= 0.3 is 5.97 Å². The molecule has 0 atom stereocenters. The Morgan fingerprint density at radius 3 is 2.77 bits per heavy atom. The van der Waals surface area contributed by atoms with E-state index in [9.17, 15) is 9.59 Å². The minimum Gasteiger partial charge on any atom is -0.490 e. The number of carbonyl (C=O) groups excluding carboxylic acids is 2. The average molecular weight is 368 g/mol. The number of hydrogen-bond acceptors (Lipinski definition) is 5. The van der Waals surface area contributed by atoms with Crippen LogP contribution in [0.2, 0.25) is 0 Å². The molecule has 0 unspecified atom stereocenters. The summed E-state index contributed by atoms with van der Waals surface area (Å²) in [7, 11) is 0. The third-order valence-corrected chi connectivity index (χ3v) is 3.04. The van der Waals surface area contributed by atoms with Crippen LogP contribution in [-0.2, 0) is 9.53 Å². The largest absolute Gasteiger partial charge is 0.490 e. The summed E-state index contributed by atoms with van der Waals surface area (Å²) in [5.74, 6) is -0.188. The fourth-order valence-corrected chi connectivity index (χ4v) is 1.95. The second-order valence-electron chi connectivity index (χ2n) is 4.19. The summed E-state index contributed by atoms with van der Waals surface area (Å²) in [5, 5.41) is 2.40. The van der Waals surface area contributed by atoms with E-state index in [0.29, 0.717) is 5.75 Å².